The van der Waals surface area contributed by atoms with E-state index in [1.165, 1.54) is 6.07 Å². The molecule has 1 aromatic rings. The Labute approximate surface area is 108 Å². The SMILES string of the molecule is Cc1ccc(F)c(C(=O)N2CCNCC2)c1Br. The molecule has 1 aromatic carbocycles. The molecule has 1 heterocycles. The van der Waals surface area contributed by atoms with Crippen molar-refractivity contribution in [2.75, 3.05) is 26.2 Å². The molecule has 1 aliphatic heterocycles. The summed E-state index contributed by atoms with van der Waals surface area (Å²) < 4.78 is 14.3. The molecule has 1 amide bonds. The summed E-state index contributed by atoms with van der Waals surface area (Å²) in [4.78, 5) is 13.9. The fourth-order valence-corrected chi connectivity index (χ4v) is 2.37. The van der Waals surface area contributed by atoms with E-state index in [0.717, 1.165) is 18.7 Å². The molecule has 0 aliphatic carbocycles. The molecule has 1 N–H and O–H groups in total. The van der Waals surface area contributed by atoms with Crippen molar-refractivity contribution in [3.05, 3.63) is 33.5 Å². The van der Waals surface area contributed by atoms with Crippen molar-refractivity contribution in [1.82, 2.24) is 10.2 Å². The van der Waals surface area contributed by atoms with Gasteiger partial charge in [0.05, 0.1) is 5.56 Å². The zero-order valence-electron chi connectivity index (χ0n) is 9.59. The predicted molar refractivity (Wildman–Crippen MR) is 67.6 cm³/mol. The zero-order chi connectivity index (χ0) is 12.4. The zero-order valence-corrected chi connectivity index (χ0v) is 11.2. The Balaban J connectivity index is 2.32. The lowest BCUT2D eigenvalue weighted by Gasteiger charge is -2.28. The van der Waals surface area contributed by atoms with Crippen LogP contribution in [0, 0.1) is 12.7 Å². The number of nitrogens with zero attached hydrogens (tertiary/aromatic N) is 1. The quantitative estimate of drug-likeness (QED) is 0.860. The molecule has 0 bridgehead atoms. The Morgan fingerprint density at radius 3 is 2.71 bits per heavy atom. The smallest absolute Gasteiger partial charge is 0.258 e. The van der Waals surface area contributed by atoms with Gasteiger partial charge in [-0.2, -0.15) is 0 Å². The van der Waals surface area contributed by atoms with Gasteiger partial charge >= 0.3 is 0 Å². The van der Waals surface area contributed by atoms with Crippen LogP contribution in [0.5, 0.6) is 0 Å². The van der Waals surface area contributed by atoms with E-state index in [4.69, 9.17) is 0 Å². The summed E-state index contributed by atoms with van der Waals surface area (Å²) in [5, 5.41) is 3.16. The lowest BCUT2D eigenvalue weighted by molar-refractivity contribution is 0.0730. The van der Waals surface area contributed by atoms with Crippen LogP contribution in [0.3, 0.4) is 0 Å². The minimum Gasteiger partial charge on any atom is -0.336 e. The summed E-state index contributed by atoms with van der Waals surface area (Å²) in [7, 11) is 0. The van der Waals surface area contributed by atoms with Crippen LogP contribution in [0.15, 0.2) is 16.6 Å². The maximum atomic E-state index is 13.7. The first-order valence-corrected chi connectivity index (χ1v) is 6.35. The molecule has 0 atom stereocenters. The summed E-state index contributed by atoms with van der Waals surface area (Å²) >= 11 is 3.30. The van der Waals surface area contributed by atoms with Crippen LogP contribution < -0.4 is 5.32 Å². The normalized spacial score (nSPS) is 16.1. The highest BCUT2D eigenvalue weighted by molar-refractivity contribution is 9.10. The van der Waals surface area contributed by atoms with Crippen molar-refractivity contribution in [1.29, 1.82) is 0 Å². The van der Waals surface area contributed by atoms with Crippen molar-refractivity contribution in [3.8, 4) is 0 Å². The maximum absolute atomic E-state index is 13.7. The Morgan fingerprint density at radius 1 is 1.41 bits per heavy atom. The van der Waals surface area contributed by atoms with Crippen molar-refractivity contribution in [3.63, 3.8) is 0 Å². The molecule has 17 heavy (non-hydrogen) atoms. The number of aryl methyl sites for hydroxylation is 1. The molecule has 3 nitrogen and oxygen atoms in total. The first-order chi connectivity index (χ1) is 8.11. The number of hydrogen-bond donors (Lipinski definition) is 1. The molecule has 1 aliphatic rings. The average Bonchev–Trinajstić information content (AvgIpc) is 2.35. The highest BCUT2D eigenvalue weighted by atomic mass is 79.9. The minimum absolute atomic E-state index is 0.145. The van der Waals surface area contributed by atoms with Crippen molar-refractivity contribution in [2.45, 2.75) is 6.92 Å². The van der Waals surface area contributed by atoms with Gasteiger partial charge in [-0.3, -0.25) is 4.79 Å². The molecule has 1 fully saturated rings. The third-order valence-corrected chi connectivity index (χ3v) is 3.92. The summed E-state index contributed by atoms with van der Waals surface area (Å²) in [6.07, 6.45) is 0. The second kappa shape index (κ2) is 5.14. The van der Waals surface area contributed by atoms with Gasteiger partial charge in [-0.1, -0.05) is 6.07 Å². The van der Waals surface area contributed by atoms with Crippen LogP contribution >= 0.6 is 15.9 Å². The summed E-state index contributed by atoms with van der Waals surface area (Å²) in [5.74, 6) is -0.703. The Kier molecular flexibility index (Phi) is 3.79. The molecule has 5 heteroatoms. The topological polar surface area (TPSA) is 32.3 Å². The number of carbonyl (C=O) groups excluding carboxylic acids is 1. The van der Waals surface area contributed by atoms with Gasteiger partial charge in [0.1, 0.15) is 5.82 Å². The van der Waals surface area contributed by atoms with E-state index in [9.17, 15) is 9.18 Å². The maximum Gasteiger partial charge on any atom is 0.258 e. The molecule has 0 aromatic heterocycles. The van der Waals surface area contributed by atoms with Crippen molar-refractivity contribution >= 4 is 21.8 Å². The molecule has 0 unspecified atom stereocenters. The lowest BCUT2D eigenvalue weighted by Crippen LogP contribution is -2.46. The van der Waals surface area contributed by atoms with E-state index >= 15 is 0 Å². The van der Waals surface area contributed by atoms with E-state index in [1.807, 2.05) is 6.92 Å². The number of piperazine rings is 1. The summed E-state index contributed by atoms with van der Waals surface area (Å²) in [5.41, 5.74) is 1.01. The van der Waals surface area contributed by atoms with Crippen molar-refractivity contribution in [2.24, 2.45) is 0 Å². The Bertz CT molecular complexity index is 444. The third kappa shape index (κ3) is 2.50. The van der Waals surface area contributed by atoms with Gasteiger partial charge < -0.3 is 10.2 Å². The lowest BCUT2D eigenvalue weighted by atomic mass is 10.1. The predicted octanol–water partition coefficient (Wildman–Crippen LogP) is 1.94. The van der Waals surface area contributed by atoms with E-state index in [1.54, 1.807) is 11.0 Å². The highest BCUT2D eigenvalue weighted by Crippen LogP contribution is 2.25. The second-order valence-corrected chi connectivity index (χ2v) is 4.89. The number of rotatable bonds is 1. The van der Waals surface area contributed by atoms with E-state index in [0.29, 0.717) is 17.6 Å². The van der Waals surface area contributed by atoms with Crippen LogP contribution in [-0.2, 0) is 0 Å². The van der Waals surface area contributed by atoms with E-state index in [-0.39, 0.29) is 11.5 Å². The largest absolute Gasteiger partial charge is 0.336 e. The van der Waals surface area contributed by atoms with Gasteiger partial charge in [0, 0.05) is 30.7 Å². The fraction of sp³-hybridized carbons (Fsp3) is 0.417. The standard InChI is InChI=1S/C12H14BrFN2O/c1-8-2-3-9(14)10(11(8)13)12(17)16-6-4-15-5-7-16/h2-3,15H,4-7H2,1H3. The third-order valence-electron chi connectivity index (χ3n) is 2.90. The molecule has 0 radical (unpaired) electrons. The summed E-state index contributed by atoms with van der Waals surface area (Å²) in [6.45, 7) is 4.61. The highest BCUT2D eigenvalue weighted by Gasteiger charge is 2.23. The molecular formula is C12H14BrFN2O. The van der Waals surface area contributed by atoms with Crippen molar-refractivity contribution < 1.29 is 9.18 Å². The first-order valence-electron chi connectivity index (χ1n) is 5.56. The summed E-state index contributed by atoms with van der Waals surface area (Å²) in [6, 6.07) is 3.00. The number of hydrogen-bond acceptors (Lipinski definition) is 2. The van der Waals surface area contributed by atoms with Gasteiger partial charge in [-0.05, 0) is 34.5 Å². The number of nitrogens with one attached hydrogen (secondary N) is 1. The monoisotopic (exact) mass is 300 g/mol. The van der Waals surface area contributed by atoms with Crippen LogP contribution in [0.25, 0.3) is 0 Å². The first kappa shape index (κ1) is 12.5. The molecule has 0 saturated carbocycles. The molecule has 1 saturated heterocycles. The minimum atomic E-state index is -0.467. The van der Waals surface area contributed by atoms with Gasteiger partial charge in [0.25, 0.3) is 5.91 Å². The number of halogens is 2. The fourth-order valence-electron chi connectivity index (χ4n) is 1.88. The molecule has 92 valence electrons. The second-order valence-electron chi connectivity index (χ2n) is 4.10. The van der Waals surface area contributed by atoms with Gasteiger partial charge in [0.15, 0.2) is 0 Å². The molecule has 2 rings (SSSR count). The van der Waals surface area contributed by atoms with Crippen LogP contribution in [0.4, 0.5) is 4.39 Å². The Morgan fingerprint density at radius 2 is 2.06 bits per heavy atom. The average molecular weight is 301 g/mol. The van der Waals surface area contributed by atoms with E-state index < -0.39 is 5.82 Å². The molecule has 0 spiro atoms. The van der Waals surface area contributed by atoms with E-state index in [2.05, 4.69) is 21.2 Å². The van der Waals surface area contributed by atoms with Gasteiger partial charge in [-0.15, -0.1) is 0 Å². The van der Waals surface area contributed by atoms with Crippen LogP contribution in [0.2, 0.25) is 0 Å². The Hall–Kier alpha value is -0.940. The van der Waals surface area contributed by atoms with Crippen LogP contribution in [0.1, 0.15) is 15.9 Å². The number of amides is 1. The van der Waals surface area contributed by atoms with Crippen LogP contribution in [-0.4, -0.2) is 37.0 Å². The van der Waals surface area contributed by atoms with Gasteiger partial charge in [0.2, 0.25) is 0 Å². The van der Waals surface area contributed by atoms with Gasteiger partial charge in [-0.25, -0.2) is 4.39 Å². The number of benzene rings is 1. The molecular weight excluding hydrogens is 287 g/mol. The number of carbonyl (C=O) groups is 1.